The van der Waals surface area contributed by atoms with Crippen molar-refractivity contribution >= 4 is 5.97 Å². The zero-order valence-electron chi connectivity index (χ0n) is 15.6. The third-order valence-corrected chi connectivity index (χ3v) is 3.91. The zero-order valence-corrected chi connectivity index (χ0v) is 15.6. The van der Waals surface area contributed by atoms with Crippen LogP contribution in [0.15, 0.2) is 35.9 Å². The Bertz CT molecular complexity index is 529. The Morgan fingerprint density at radius 2 is 1.88 bits per heavy atom. The highest BCUT2D eigenvalue weighted by Crippen LogP contribution is 2.17. The molecule has 4 nitrogen and oxygen atoms in total. The van der Waals surface area contributed by atoms with Crippen LogP contribution < -0.4 is 4.74 Å². The van der Waals surface area contributed by atoms with Gasteiger partial charge in [0.1, 0.15) is 5.75 Å². The van der Waals surface area contributed by atoms with Crippen LogP contribution in [0.3, 0.4) is 0 Å². The Labute approximate surface area is 145 Å². The van der Waals surface area contributed by atoms with Crippen LogP contribution in [0.4, 0.5) is 0 Å². The van der Waals surface area contributed by atoms with Crippen LogP contribution in [0.1, 0.15) is 46.1 Å². The lowest BCUT2D eigenvalue weighted by atomic mass is 10.1. The number of aryl methyl sites for hydroxylation is 1. The molecule has 0 spiro atoms. The summed E-state index contributed by atoms with van der Waals surface area (Å²) in [7, 11) is 1.72. The van der Waals surface area contributed by atoms with Gasteiger partial charge >= 0.3 is 5.97 Å². The molecule has 1 aromatic carbocycles. The molecule has 0 atom stereocenters. The molecule has 0 N–H and O–H groups in total. The molecule has 1 rings (SSSR count). The summed E-state index contributed by atoms with van der Waals surface area (Å²) in [6.45, 7) is 8.89. The van der Waals surface area contributed by atoms with Gasteiger partial charge in [-0.05, 0) is 58.2 Å². The van der Waals surface area contributed by atoms with E-state index in [1.165, 1.54) is 5.56 Å². The highest BCUT2D eigenvalue weighted by molar-refractivity contribution is 5.82. The van der Waals surface area contributed by atoms with Crippen molar-refractivity contribution in [3.8, 4) is 5.75 Å². The highest BCUT2D eigenvalue weighted by Gasteiger charge is 2.15. The Balaban J connectivity index is 2.41. The van der Waals surface area contributed by atoms with Gasteiger partial charge in [0.05, 0.1) is 18.8 Å². The Morgan fingerprint density at radius 3 is 2.46 bits per heavy atom. The van der Waals surface area contributed by atoms with E-state index in [-0.39, 0.29) is 11.6 Å². The number of hydrogen-bond donors (Lipinski definition) is 0. The molecule has 0 radical (unpaired) electrons. The number of methoxy groups -OCH3 is 1. The van der Waals surface area contributed by atoms with E-state index in [9.17, 15) is 4.79 Å². The minimum absolute atomic E-state index is 0.164. The molecular formula is C20H30O4. The zero-order chi connectivity index (χ0) is 18.0. The average molecular weight is 334 g/mol. The molecule has 0 bridgehead atoms. The van der Waals surface area contributed by atoms with E-state index in [0.717, 1.165) is 30.6 Å². The number of hydrogen-bond acceptors (Lipinski definition) is 4. The molecule has 0 aromatic heterocycles. The van der Waals surface area contributed by atoms with E-state index in [4.69, 9.17) is 14.2 Å². The minimum atomic E-state index is -0.266. The van der Waals surface area contributed by atoms with Gasteiger partial charge in [-0.3, -0.25) is 0 Å². The standard InChI is InChI=1S/C20H30O4/c1-6-23-19(21)15-16(2)7-8-17-9-11-18(12-10-17)24-14-13-20(3,4)22-5/h9-12,15H,6-8,13-14H2,1-5H3/b16-15+. The summed E-state index contributed by atoms with van der Waals surface area (Å²) >= 11 is 0. The highest BCUT2D eigenvalue weighted by atomic mass is 16.5. The first-order valence-corrected chi connectivity index (χ1v) is 8.47. The number of rotatable bonds is 10. The quantitative estimate of drug-likeness (QED) is 0.472. The number of ether oxygens (including phenoxy) is 3. The van der Waals surface area contributed by atoms with Crippen molar-refractivity contribution < 1.29 is 19.0 Å². The summed E-state index contributed by atoms with van der Waals surface area (Å²) in [6, 6.07) is 8.10. The van der Waals surface area contributed by atoms with Crippen molar-refractivity contribution in [2.75, 3.05) is 20.3 Å². The molecule has 1 aromatic rings. The molecule has 0 unspecified atom stereocenters. The van der Waals surface area contributed by atoms with Crippen LogP contribution >= 0.6 is 0 Å². The minimum Gasteiger partial charge on any atom is -0.493 e. The first-order valence-electron chi connectivity index (χ1n) is 8.47. The van der Waals surface area contributed by atoms with Crippen LogP contribution in [0.25, 0.3) is 0 Å². The Morgan fingerprint density at radius 1 is 1.21 bits per heavy atom. The van der Waals surface area contributed by atoms with Gasteiger partial charge in [-0.1, -0.05) is 17.7 Å². The molecule has 134 valence electrons. The third kappa shape index (κ3) is 8.16. The molecule has 0 aliphatic rings. The van der Waals surface area contributed by atoms with Crippen molar-refractivity contribution in [1.82, 2.24) is 0 Å². The first-order chi connectivity index (χ1) is 11.4. The van der Waals surface area contributed by atoms with Gasteiger partial charge in [-0.2, -0.15) is 0 Å². The van der Waals surface area contributed by atoms with Gasteiger partial charge in [0.25, 0.3) is 0 Å². The smallest absolute Gasteiger partial charge is 0.330 e. The predicted molar refractivity (Wildman–Crippen MR) is 96.4 cm³/mol. The van der Waals surface area contributed by atoms with E-state index < -0.39 is 0 Å². The Kier molecular flexibility index (Phi) is 8.55. The van der Waals surface area contributed by atoms with Gasteiger partial charge in [-0.15, -0.1) is 0 Å². The van der Waals surface area contributed by atoms with Crippen LogP contribution in [0, 0.1) is 0 Å². The van der Waals surface area contributed by atoms with Crippen LogP contribution in [-0.4, -0.2) is 31.9 Å². The summed E-state index contributed by atoms with van der Waals surface area (Å²) < 4.78 is 16.0. The topological polar surface area (TPSA) is 44.8 Å². The van der Waals surface area contributed by atoms with Gasteiger partial charge in [0, 0.05) is 19.6 Å². The number of benzene rings is 1. The van der Waals surface area contributed by atoms with Gasteiger partial charge in [-0.25, -0.2) is 4.79 Å². The molecule has 0 heterocycles. The summed E-state index contributed by atoms with van der Waals surface area (Å²) in [5.41, 5.74) is 2.08. The van der Waals surface area contributed by atoms with Crippen molar-refractivity contribution in [1.29, 1.82) is 0 Å². The van der Waals surface area contributed by atoms with E-state index in [0.29, 0.717) is 13.2 Å². The lowest BCUT2D eigenvalue weighted by Gasteiger charge is -2.22. The fraction of sp³-hybridized carbons (Fsp3) is 0.550. The number of allylic oxidation sites excluding steroid dienone is 1. The summed E-state index contributed by atoms with van der Waals surface area (Å²) in [5.74, 6) is 0.599. The summed E-state index contributed by atoms with van der Waals surface area (Å²) in [6.07, 6.45) is 4.13. The van der Waals surface area contributed by atoms with E-state index in [1.807, 2.05) is 32.9 Å². The molecule has 24 heavy (non-hydrogen) atoms. The monoisotopic (exact) mass is 334 g/mol. The van der Waals surface area contributed by atoms with Crippen LogP contribution in [0.2, 0.25) is 0 Å². The van der Waals surface area contributed by atoms with Gasteiger partial charge < -0.3 is 14.2 Å². The second-order valence-corrected chi connectivity index (χ2v) is 6.45. The third-order valence-electron chi connectivity index (χ3n) is 3.91. The molecule has 0 saturated heterocycles. The van der Waals surface area contributed by atoms with E-state index in [1.54, 1.807) is 20.1 Å². The molecule has 0 aliphatic carbocycles. The average Bonchev–Trinajstić information content (AvgIpc) is 2.54. The van der Waals surface area contributed by atoms with Crippen LogP contribution in [0.5, 0.6) is 5.75 Å². The number of esters is 1. The maximum atomic E-state index is 11.4. The molecular weight excluding hydrogens is 304 g/mol. The van der Waals surface area contributed by atoms with Crippen molar-refractivity contribution in [3.05, 3.63) is 41.5 Å². The van der Waals surface area contributed by atoms with Gasteiger partial charge in [0.15, 0.2) is 0 Å². The molecule has 0 amide bonds. The summed E-state index contributed by atoms with van der Waals surface area (Å²) in [5, 5.41) is 0. The molecule has 0 aliphatic heterocycles. The second kappa shape index (κ2) is 10.1. The van der Waals surface area contributed by atoms with E-state index >= 15 is 0 Å². The van der Waals surface area contributed by atoms with Crippen molar-refractivity contribution in [2.45, 2.75) is 52.6 Å². The van der Waals surface area contributed by atoms with Crippen molar-refractivity contribution in [3.63, 3.8) is 0 Å². The van der Waals surface area contributed by atoms with Gasteiger partial charge in [0.2, 0.25) is 0 Å². The number of carbonyl (C=O) groups is 1. The predicted octanol–water partition coefficient (Wildman–Crippen LogP) is 4.32. The normalized spacial score (nSPS) is 12.1. The number of carbonyl (C=O) groups excluding carboxylic acids is 1. The van der Waals surface area contributed by atoms with E-state index in [2.05, 4.69) is 12.1 Å². The Hall–Kier alpha value is -1.81. The fourth-order valence-electron chi connectivity index (χ4n) is 2.07. The molecule has 0 fully saturated rings. The second-order valence-electron chi connectivity index (χ2n) is 6.45. The first kappa shape index (κ1) is 20.2. The molecule has 0 saturated carbocycles. The SMILES string of the molecule is CCOC(=O)/C=C(\C)CCc1ccc(OCCC(C)(C)OC)cc1. The van der Waals surface area contributed by atoms with Crippen LogP contribution in [-0.2, 0) is 20.7 Å². The summed E-state index contributed by atoms with van der Waals surface area (Å²) in [4.78, 5) is 11.4. The van der Waals surface area contributed by atoms with Crippen molar-refractivity contribution in [2.24, 2.45) is 0 Å². The lowest BCUT2D eigenvalue weighted by molar-refractivity contribution is -0.137. The maximum absolute atomic E-state index is 11.4. The fourth-order valence-corrected chi connectivity index (χ4v) is 2.07. The lowest BCUT2D eigenvalue weighted by Crippen LogP contribution is -2.25. The maximum Gasteiger partial charge on any atom is 0.330 e. The largest absolute Gasteiger partial charge is 0.493 e. The molecule has 4 heteroatoms.